The molecule has 0 fully saturated rings. The lowest BCUT2D eigenvalue weighted by molar-refractivity contribution is 0.0949. The van der Waals surface area contributed by atoms with E-state index < -0.39 is 0 Å². The molecule has 9 heteroatoms. The van der Waals surface area contributed by atoms with Gasteiger partial charge in [-0.3, -0.25) is 9.89 Å². The molecule has 3 heterocycles. The first-order valence-electron chi connectivity index (χ1n) is 9.06. The minimum atomic E-state index is -0.101. The highest BCUT2D eigenvalue weighted by Crippen LogP contribution is 2.18. The second-order valence-corrected chi connectivity index (χ2v) is 7.42. The van der Waals surface area contributed by atoms with Crippen molar-refractivity contribution in [2.75, 3.05) is 0 Å². The first kappa shape index (κ1) is 17.7. The standard InChI is InChI=1S/C18H21N7OS/c26-17(19-10-16-23-22-15-4-2-1-3-9-25(15)16)14-7-5-13(6-8-14)11-27-18-20-12-21-24-18/h5-8,12H,1-4,9-11H2,(H,19,26)(H,20,21,24). The van der Waals surface area contributed by atoms with Crippen molar-refractivity contribution in [2.45, 2.75) is 49.7 Å². The van der Waals surface area contributed by atoms with E-state index in [2.05, 4.69) is 35.3 Å². The molecule has 2 aromatic heterocycles. The van der Waals surface area contributed by atoms with Crippen LogP contribution in [0.25, 0.3) is 0 Å². The molecule has 4 rings (SSSR count). The monoisotopic (exact) mass is 383 g/mol. The number of amides is 1. The van der Waals surface area contributed by atoms with Gasteiger partial charge in [-0.1, -0.05) is 30.3 Å². The lowest BCUT2D eigenvalue weighted by Gasteiger charge is -2.08. The maximum atomic E-state index is 12.4. The van der Waals surface area contributed by atoms with Gasteiger partial charge in [0, 0.05) is 24.3 Å². The van der Waals surface area contributed by atoms with Gasteiger partial charge < -0.3 is 9.88 Å². The van der Waals surface area contributed by atoms with Crippen molar-refractivity contribution < 1.29 is 4.79 Å². The van der Waals surface area contributed by atoms with Crippen LogP contribution in [0.5, 0.6) is 0 Å². The summed E-state index contributed by atoms with van der Waals surface area (Å²) in [5.74, 6) is 2.53. The van der Waals surface area contributed by atoms with Crippen LogP contribution < -0.4 is 5.32 Å². The van der Waals surface area contributed by atoms with Crippen LogP contribution in [0.15, 0.2) is 35.7 Å². The molecule has 0 saturated carbocycles. The van der Waals surface area contributed by atoms with Crippen molar-refractivity contribution in [2.24, 2.45) is 0 Å². The number of hydrogen-bond acceptors (Lipinski definition) is 6. The molecular weight excluding hydrogens is 362 g/mol. The quantitative estimate of drug-likeness (QED) is 0.634. The van der Waals surface area contributed by atoms with E-state index in [4.69, 9.17) is 0 Å². The Morgan fingerprint density at radius 1 is 1.19 bits per heavy atom. The van der Waals surface area contributed by atoms with Crippen LogP contribution in [-0.2, 0) is 25.3 Å². The summed E-state index contributed by atoms with van der Waals surface area (Å²) in [6.45, 7) is 1.33. The van der Waals surface area contributed by atoms with E-state index >= 15 is 0 Å². The normalized spacial score (nSPS) is 13.8. The average Bonchev–Trinajstić information content (AvgIpc) is 3.29. The Labute approximate surface area is 161 Å². The number of carbonyl (C=O) groups excluding carboxylic acids is 1. The number of aromatic nitrogens is 6. The van der Waals surface area contributed by atoms with Gasteiger partial charge in [0.15, 0.2) is 11.0 Å². The van der Waals surface area contributed by atoms with Crippen molar-refractivity contribution in [1.82, 2.24) is 35.3 Å². The second-order valence-electron chi connectivity index (χ2n) is 6.45. The molecule has 2 N–H and O–H groups in total. The zero-order chi connectivity index (χ0) is 18.5. The average molecular weight is 383 g/mol. The number of H-pyrrole nitrogens is 1. The Morgan fingerprint density at radius 2 is 2.07 bits per heavy atom. The molecule has 8 nitrogen and oxygen atoms in total. The number of fused-ring (bicyclic) bond motifs is 1. The molecule has 27 heavy (non-hydrogen) atoms. The predicted molar refractivity (Wildman–Crippen MR) is 101 cm³/mol. The SMILES string of the molecule is O=C(NCc1nnc2n1CCCCC2)c1ccc(CSc2ncn[nH]2)cc1. The van der Waals surface area contributed by atoms with Crippen LogP contribution in [-0.4, -0.2) is 35.9 Å². The molecule has 140 valence electrons. The zero-order valence-electron chi connectivity index (χ0n) is 14.9. The molecule has 1 aromatic carbocycles. The number of rotatable bonds is 6. The third-order valence-corrected chi connectivity index (χ3v) is 5.53. The molecule has 0 unspecified atom stereocenters. The summed E-state index contributed by atoms with van der Waals surface area (Å²) in [5.41, 5.74) is 1.76. The Hall–Kier alpha value is -2.68. The molecule has 1 aliphatic heterocycles. The molecule has 0 bridgehead atoms. The van der Waals surface area contributed by atoms with Gasteiger partial charge >= 0.3 is 0 Å². The molecular formula is C18H21N7OS. The first-order valence-corrected chi connectivity index (χ1v) is 10.0. The van der Waals surface area contributed by atoms with Crippen LogP contribution in [0.2, 0.25) is 0 Å². The van der Waals surface area contributed by atoms with Gasteiger partial charge in [-0.15, -0.1) is 10.2 Å². The Morgan fingerprint density at radius 3 is 2.89 bits per heavy atom. The third kappa shape index (κ3) is 4.36. The predicted octanol–water partition coefficient (Wildman–Crippen LogP) is 2.34. The smallest absolute Gasteiger partial charge is 0.251 e. The van der Waals surface area contributed by atoms with Gasteiger partial charge in [0.05, 0.1) is 6.54 Å². The van der Waals surface area contributed by atoms with Crippen molar-refractivity contribution in [3.05, 3.63) is 53.4 Å². The largest absolute Gasteiger partial charge is 0.345 e. The lowest BCUT2D eigenvalue weighted by Crippen LogP contribution is -2.25. The van der Waals surface area contributed by atoms with Gasteiger partial charge in [0.25, 0.3) is 5.91 Å². The maximum absolute atomic E-state index is 12.4. The van der Waals surface area contributed by atoms with Gasteiger partial charge in [0.1, 0.15) is 12.2 Å². The Balaban J connectivity index is 1.32. The summed E-state index contributed by atoms with van der Waals surface area (Å²) in [6.07, 6.45) is 5.97. The molecule has 1 amide bonds. The number of aryl methyl sites for hydroxylation is 1. The van der Waals surface area contributed by atoms with E-state index in [1.54, 1.807) is 11.8 Å². The number of benzene rings is 1. The number of nitrogens with zero attached hydrogens (tertiary/aromatic N) is 5. The number of aromatic amines is 1. The van der Waals surface area contributed by atoms with E-state index in [0.29, 0.717) is 12.1 Å². The molecule has 1 aliphatic rings. The molecule has 0 spiro atoms. The summed E-state index contributed by atoms with van der Waals surface area (Å²) in [5, 5.41) is 18.9. The summed E-state index contributed by atoms with van der Waals surface area (Å²) in [6, 6.07) is 7.61. The van der Waals surface area contributed by atoms with Crippen molar-refractivity contribution in [1.29, 1.82) is 0 Å². The maximum Gasteiger partial charge on any atom is 0.251 e. The summed E-state index contributed by atoms with van der Waals surface area (Å²) in [4.78, 5) is 16.5. The van der Waals surface area contributed by atoms with Crippen LogP contribution >= 0.6 is 11.8 Å². The number of carbonyl (C=O) groups is 1. The number of thioether (sulfide) groups is 1. The summed E-state index contributed by atoms with van der Waals surface area (Å²) < 4.78 is 2.15. The van der Waals surface area contributed by atoms with E-state index in [1.165, 1.54) is 12.7 Å². The van der Waals surface area contributed by atoms with Crippen LogP contribution in [0.1, 0.15) is 46.8 Å². The van der Waals surface area contributed by atoms with Gasteiger partial charge in [-0.25, -0.2) is 4.98 Å². The van der Waals surface area contributed by atoms with E-state index in [-0.39, 0.29) is 5.91 Å². The van der Waals surface area contributed by atoms with Gasteiger partial charge in [-0.2, -0.15) is 5.10 Å². The minimum absolute atomic E-state index is 0.101. The molecule has 0 radical (unpaired) electrons. The topological polar surface area (TPSA) is 101 Å². The van der Waals surface area contributed by atoms with Crippen LogP contribution in [0.3, 0.4) is 0 Å². The summed E-state index contributed by atoms with van der Waals surface area (Å²) in [7, 11) is 0. The van der Waals surface area contributed by atoms with E-state index in [0.717, 1.165) is 53.9 Å². The molecule has 3 aromatic rings. The molecule has 0 atom stereocenters. The fraction of sp³-hybridized carbons (Fsp3) is 0.389. The number of nitrogens with one attached hydrogen (secondary N) is 2. The van der Waals surface area contributed by atoms with Gasteiger partial charge in [0.2, 0.25) is 0 Å². The zero-order valence-corrected chi connectivity index (χ0v) is 15.7. The summed E-state index contributed by atoms with van der Waals surface area (Å²) >= 11 is 1.57. The highest BCUT2D eigenvalue weighted by atomic mass is 32.2. The molecule has 0 aliphatic carbocycles. The minimum Gasteiger partial charge on any atom is -0.345 e. The number of hydrogen-bond donors (Lipinski definition) is 2. The highest BCUT2D eigenvalue weighted by molar-refractivity contribution is 7.98. The second kappa shape index (κ2) is 8.34. The molecule has 0 saturated heterocycles. The van der Waals surface area contributed by atoms with E-state index in [9.17, 15) is 4.79 Å². The van der Waals surface area contributed by atoms with Crippen LogP contribution in [0.4, 0.5) is 0 Å². The van der Waals surface area contributed by atoms with Crippen LogP contribution in [0, 0.1) is 0 Å². The third-order valence-electron chi connectivity index (χ3n) is 4.58. The highest BCUT2D eigenvalue weighted by Gasteiger charge is 2.15. The van der Waals surface area contributed by atoms with Crippen molar-refractivity contribution in [3.8, 4) is 0 Å². The van der Waals surface area contributed by atoms with Crippen molar-refractivity contribution in [3.63, 3.8) is 0 Å². The Bertz CT molecular complexity index is 889. The van der Waals surface area contributed by atoms with Gasteiger partial charge in [-0.05, 0) is 30.5 Å². The first-order chi connectivity index (χ1) is 13.3. The lowest BCUT2D eigenvalue weighted by atomic mass is 10.1. The fourth-order valence-electron chi connectivity index (χ4n) is 3.11. The van der Waals surface area contributed by atoms with E-state index in [1.807, 2.05) is 24.3 Å². The van der Waals surface area contributed by atoms with Crippen molar-refractivity contribution >= 4 is 17.7 Å². The Kier molecular flexibility index (Phi) is 5.47. The fourth-order valence-corrected chi connectivity index (χ4v) is 3.84.